The molecule has 0 saturated carbocycles. The second kappa shape index (κ2) is 7.54. The van der Waals surface area contributed by atoms with Crippen LogP contribution in [0, 0.1) is 0 Å². The number of carbonyl (C=O) groups is 1. The Bertz CT molecular complexity index is 825. The number of aromatic hydroxyl groups is 1. The minimum absolute atomic E-state index is 0.0436. The summed E-state index contributed by atoms with van der Waals surface area (Å²) in [5.41, 5.74) is 1.82. The standard InChI is InChI=1S/C22H25NO5/c24-18-7-5-16(6-8-18)15-1-3-17(4-2-15)21(27)23-12-10-22(11-13-23)20(26)19(25)9-14-28-22/h1-8,19-20,24-26H,9-14H2/t19-,20-/m0/s1. The Hall–Kier alpha value is -2.41. The van der Waals surface area contributed by atoms with Crippen LogP contribution in [0.2, 0.25) is 0 Å². The fraction of sp³-hybridized carbons (Fsp3) is 0.409. The summed E-state index contributed by atoms with van der Waals surface area (Å²) in [4.78, 5) is 14.6. The van der Waals surface area contributed by atoms with Crippen molar-refractivity contribution in [3.05, 3.63) is 54.1 Å². The number of piperidine rings is 1. The van der Waals surface area contributed by atoms with Crippen LogP contribution in [-0.2, 0) is 4.74 Å². The molecule has 2 fully saturated rings. The van der Waals surface area contributed by atoms with E-state index in [1.54, 1.807) is 17.0 Å². The molecular weight excluding hydrogens is 358 g/mol. The molecule has 0 unspecified atom stereocenters. The summed E-state index contributed by atoms with van der Waals surface area (Å²) in [5, 5.41) is 29.7. The number of carbonyl (C=O) groups excluding carboxylic acids is 1. The van der Waals surface area contributed by atoms with Gasteiger partial charge in [-0.3, -0.25) is 4.79 Å². The minimum Gasteiger partial charge on any atom is -0.508 e. The fourth-order valence-corrected chi connectivity index (χ4v) is 4.15. The van der Waals surface area contributed by atoms with E-state index in [0.29, 0.717) is 44.5 Å². The van der Waals surface area contributed by atoms with Crippen molar-refractivity contribution in [3.63, 3.8) is 0 Å². The summed E-state index contributed by atoms with van der Waals surface area (Å²) in [6, 6.07) is 14.4. The van der Waals surface area contributed by atoms with Gasteiger partial charge < -0.3 is 25.0 Å². The van der Waals surface area contributed by atoms with Gasteiger partial charge in [0.05, 0.1) is 18.3 Å². The van der Waals surface area contributed by atoms with Gasteiger partial charge in [-0.2, -0.15) is 0 Å². The molecule has 2 atom stereocenters. The third-order valence-corrected chi connectivity index (χ3v) is 5.94. The number of rotatable bonds is 2. The van der Waals surface area contributed by atoms with Crippen molar-refractivity contribution in [2.24, 2.45) is 0 Å². The monoisotopic (exact) mass is 383 g/mol. The quantitative estimate of drug-likeness (QED) is 0.740. The molecule has 2 aliphatic heterocycles. The largest absolute Gasteiger partial charge is 0.508 e. The Morgan fingerprint density at radius 1 is 0.964 bits per heavy atom. The van der Waals surface area contributed by atoms with E-state index < -0.39 is 17.8 Å². The third-order valence-electron chi connectivity index (χ3n) is 5.94. The first-order chi connectivity index (χ1) is 13.5. The van der Waals surface area contributed by atoms with Crippen molar-refractivity contribution < 1.29 is 24.9 Å². The molecule has 0 aliphatic carbocycles. The molecule has 2 aliphatic rings. The molecule has 2 heterocycles. The van der Waals surface area contributed by atoms with E-state index in [1.807, 2.05) is 36.4 Å². The average molecular weight is 383 g/mol. The Labute approximate surface area is 164 Å². The number of phenolic OH excluding ortho intramolecular Hbond substituents is 1. The van der Waals surface area contributed by atoms with Gasteiger partial charge in [0, 0.05) is 18.7 Å². The molecule has 2 aromatic rings. The Balaban J connectivity index is 1.42. The second-order valence-corrected chi connectivity index (χ2v) is 7.63. The van der Waals surface area contributed by atoms with E-state index in [1.165, 1.54) is 0 Å². The van der Waals surface area contributed by atoms with Crippen LogP contribution in [0.15, 0.2) is 48.5 Å². The third kappa shape index (κ3) is 3.51. The molecule has 0 bridgehead atoms. The van der Waals surface area contributed by atoms with Gasteiger partial charge in [0.15, 0.2) is 0 Å². The van der Waals surface area contributed by atoms with Gasteiger partial charge in [0.2, 0.25) is 0 Å². The number of ether oxygens (including phenoxy) is 1. The molecule has 0 aromatic heterocycles. The van der Waals surface area contributed by atoms with E-state index in [4.69, 9.17) is 4.74 Å². The van der Waals surface area contributed by atoms with Crippen LogP contribution >= 0.6 is 0 Å². The lowest BCUT2D eigenvalue weighted by Gasteiger charge is -2.48. The van der Waals surface area contributed by atoms with E-state index in [2.05, 4.69) is 0 Å². The molecule has 2 saturated heterocycles. The lowest BCUT2D eigenvalue weighted by Crippen LogP contribution is -2.60. The van der Waals surface area contributed by atoms with Crippen molar-refractivity contribution >= 4 is 5.91 Å². The van der Waals surface area contributed by atoms with Gasteiger partial charge in [-0.15, -0.1) is 0 Å². The molecular formula is C22H25NO5. The van der Waals surface area contributed by atoms with Gasteiger partial charge in [0.1, 0.15) is 11.9 Å². The highest BCUT2D eigenvalue weighted by Gasteiger charge is 2.48. The maximum Gasteiger partial charge on any atom is 0.253 e. The van der Waals surface area contributed by atoms with Gasteiger partial charge in [-0.1, -0.05) is 24.3 Å². The Morgan fingerprint density at radius 2 is 1.54 bits per heavy atom. The van der Waals surface area contributed by atoms with E-state index >= 15 is 0 Å². The van der Waals surface area contributed by atoms with Gasteiger partial charge in [0.25, 0.3) is 5.91 Å². The van der Waals surface area contributed by atoms with Crippen LogP contribution < -0.4 is 0 Å². The molecule has 148 valence electrons. The van der Waals surface area contributed by atoms with Crippen molar-refractivity contribution in [2.45, 2.75) is 37.1 Å². The topological polar surface area (TPSA) is 90.2 Å². The van der Waals surface area contributed by atoms with Crippen molar-refractivity contribution in [3.8, 4) is 16.9 Å². The van der Waals surface area contributed by atoms with Crippen LogP contribution in [0.25, 0.3) is 11.1 Å². The fourth-order valence-electron chi connectivity index (χ4n) is 4.15. The average Bonchev–Trinajstić information content (AvgIpc) is 2.73. The zero-order chi connectivity index (χ0) is 19.7. The molecule has 4 rings (SSSR count). The van der Waals surface area contributed by atoms with Crippen LogP contribution in [0.4, 0.5) is 0 Å². The highest BCUT2D eigenvalue weighted by Crippen LogP contribution is 2.36. The predicted molar refractivity (Wildman–Crippen MR) is 104 cm³/mol. The maximum absolute atomic E-state index is 12.8. The summed E-state index contributed by atoms with van der Waals surface area (Å²) < 4.78 is 5.83. The smallest absolute Gasteiger partial charge is 0.253 e. The lowest BCUT2D eigenvalue weighted by atomic mass is 9.80. The minimum atomic E-state index is -0.900. The number of likely N-dealkylation sites (tertiary alicyclic amines) is 1. The number of aliphatic hydroxyl groups is 2. The van der Waals surface area contributed by atoms with Gasteiger partial charge >= 0.3 is 0 Å². The molecule has 3 N–H and O–H groups in total. The molecule has 1 amide bonds. The highest BCUT2D eigenvalue weighted by atomic mass is 16.5. The lowest BCUT2D eigenvalue weighted by molar-refractivity contribution is -0.212. The molecule has 2 aromatic carbocycles. The predicted octanol–water partition coefficient (Wildman–Crippen LogP) is 2.18. The molecule has 1 spiro atoms. The van der Waals surface area contributed by atoms with E-state index in [-0.39, 0.29) is 11.7 Å². The van der Waals surface area contributed by atoms with Crippen LogP contribution in [0.1, 0.15) is 29.6 Å². The molecule has 0 radical (unpaired) electrons. The van der Waals surface area contributed by atoms with Crippen molar-refractivity contribution in [1.29, 1.82) is 0 Å². The number of phenols is 1. The second-order valence-electron chi connectivity index (χ2n) is 7.63. The summed E-state index contributed by atoms with van der Waals surface area (Å²) >= 11 is 0. The molecule has 28 heavy (non-hydrogen) atoms. The summed E-state index contributed by atoms with van der Waals surface area (Å²) in [5.74, 6) is 0.177. The number of hydrogen-bond acceptors (Lipinski definition) is 5. The summed E-state index contributed by atoms with van der Waals surface area (Å²) in [7, 11) is 0. The zero-order valence-corrected chi connectivity index (χ0v) is 15.6. The summed E-state index contributed by atoms with van der Waals surface area (Å²) in [6.07, 6.45) is -0.184. The Kier molecular flexibility index (Phi) is 5.10. The Morgan fingerprint density at radius 3 is 2.14 bits per heavy atom. The number of aliphatic hydroxyl groups excluding tert-OH is 2. The highest BCUT2D eigenvalue weighted by molar-refractivity contribution is 5.94. The first-order valence-corrected chi connectivity index (χ1v) is 9.67. The van der Waals surface area contributed by atoms with Crippen molar-refractivity contribution in [1.82, 2.24) is 4.90 Å². The summed E-state index contributed by atoms with van der Waals surface area (Å²) in [6.45, 7) is 1.41. The molecule has 6 nitrogen and oxygen atoms in total. The molecule has 6 heteroatoms. The SMILES string of the molecule is O=C(c1ccc(-c2ccc(O)cc2)cc1)N1CCC2(CC1)OCC[C@H](O)[C@@H]2O. The maximum atomic E-state index is 12.8. The van der Waals surface area contributed by atoms with Crippen LogP contribution in [0.3, 0.4) is 0 Å². The normalized spacial score (nSPS) is 24.3. The first-order valence-electron chi connectivity index (χ1n) is 9.67. The van der Waals surface area contributed by atoms with E-state index in [9.17, 15) is 20.1 Å². The van der Waals surface area contributed by atoms with Crippen LogP contribution in [-0.4, -0.2) is 63.6 Å². The van der Waals surface area contributed by atoms with Crippen LogP contribution in [0.5, 0.6) is 5.75 Å². The van der Waals surface area contributed by atoms with Gasteiger partial charge in [-0.05, 0) is 54.7 Å². The number of hydrogen-bond donors (Lipinski definition) is 3. The number of amides is 1. The number of benzene rings is 2. The van der Waals surface area contributed by atoms with Gasteiger partial charge in [-0.25, -0.2) is 0 Å². The number of nitrogens with zero attached hydrogens (tertiary/aromatic N) is 1. The first kappa shape index (κ1) is 18.9. The van der Waals surface area contributed by atoms with Crippen molar-refractivity contribution in [2.75, 3.05) is 19.7 Å². The zero-order valence-electron chi connectivity index (χ0n) is 15.6. The van der Waals surface area contributed by atoms with E-state index in [0.717, 1.165) is 11.1 Å².